The van der Waals surface area contributed by atoms with Crippen molar-refractivity contribution in [3.05, 3.63) is 0 Å². The maximum atomic E-state index is 11.3. The van der Waals surface area contributed by atoms with Gasteiger partial charge in [0.15, 0.2) is 0 Å². The molecule has 2 heterocycles. The Morgan fingerprint density at radius 1 is 1.53 bits per heavy atom. The monoisotopic (exact) mass is 211 g/mol. The van der Waals surface area contributed by atoms with Crippen LogP contribution in [0.15, 0.2) is 0 Å². The van der Waals surface area contributed by atoms with Crippen LogP contribution in [0.1, 0.15) is 27.2 Å². The van der Waals surface area contributed by atoms with Crippen molar-refractivity contribution >= 4 is 12.2 Å². The maximum Gasteiger partial charge on any atom is 0.220 e. The van der Waals surface area contributed by atoms with Gasteiger partial charge in [0.1, 0.15) is 6.29 Å². The topological polar surface area (TPSA) is 46.6 Å². The summed E-state index contributed by atoms with van der Waals surface area (Å²) >= 11 is 0. The first-order valence-electron chi connectivity index (χ1n) is 5.35. The minimum absolute atomic E-state index is 0.0390. The Labute approximate surface area is 89.6 Å². The molecular weight excluding hydrogens is 194 g/mol. The summed E-state index contributed by atoms with van der Waals surface area (Å²) < 4.78 is 5.83. The fourth-order valence-electron chi connectivity index (χ4n) is 2.82. The first-order chi connectivity index (χ1) is 6.94. The van der Waals surface area contributed by atoms with Crippen molar-refractivity contribution in [1.29, 1.82) is 0 Å². The van der Waals surface area contributed by atoms with Gasteiger partial charge < -0.3 is 14.4 Å². The Morgan fingerprint density at radius 2 is 2.20 bits per heavy atom. The van der Waals surface area contributed by atoms with Gasteiger partial charge in [0.2, 0.25) is 5.91 Å². The van der Waals surface area contributed by atoms with E-state index in [9.17, 15) is 9.59 Å². The Kier molecular flexibility index (Phi) is 2.34. The van der Waals surface area contributed by atoms with Crippen molar-refractivity contribution in [3.8, 4) is 0 Å². The number of hydrogen-bond donors (Lipinski definition) is 0. The summed E-state index contributed by atoms with van der Waals surface area (Å²) in [6.07, 6.45) is 1.78. The van der Waals surface area contributed by atoms with Gasteiger partial charge in [-0.15, -0.1) is 0 Å². The van der Waals surface area contributed by atoms with Gasteiger partial charge in [0.25, 0.3) is 0 Å². The molecule has 2 aliphatic heterocycles. The molecule has 84 valence electrons. The molecule has 0 saturated carbocycles. The van der Waals surface area contributed by atoms with E-state index >= 15 is 0 Å². The molecule has 0 spiro atoms. The Hall–Kier alpha value is -0.900. The molecule has 4 heteroatoms. The highest BCUT2D eigenvalue weighted by molar-refractivity contribution is 5.78. The van der Waals surface area contributed by atoms with E-state index in [1.54, 1.807) is 4.90 Å². The van der Waals surface area contributed by atoms with Gasteiger partial charge in [-0.1, -0.05) is 0 Å². The van der Waals surface area contributed by atoms with E-state index in [-0.39, 0.29) is 29.6 Å². The van der Waals surface area contributed by atoms with E-state index in [1.165, 1.54) is 6.92 Å². The lowest BCUT2D eigenvalue weighted by molar-refractivity contribution is -0.134. The van der Waals surface area contributed by atoms with E-state index in [4.69, 9.17) is 4.74 Å². The zero-order valence-corrected chi connectivity index (χ0v) is 9.40. The molecule has 0 aliphatic carbocycles. The average Bonchev–Trinajstić information content (AvgIpc) is 2.55. The number of aldehydes is 1. The molecule has 15 heavy (non-hydrogen) atoms. The largest absolute Gasteiger partial charge is 0.370 e. The molecule has 0 aromatic carbocycles. The maximum absolute atomic E-state index is 11.3. The number of fused-ring (bicyclic) bond motifs is 1. The molecule has 2 saturated heterocycles. The van der Waals surface area contributed by atoms with Crippen LogP contribution in [0.3, 0.4) is 0 Å². The quantitative estimate of drug-likeness (QED) is 0.597. The zero-order valence-electron chi connectivity index (χ0n) is 9.40. The average molecular weight is 211 g/mol. The van der Waals surface area contributed by atoms with Crippen molar-refractivity contribution in [3.63, 3.8) is 0 Å². The molecule has 0 unspecified atom stereocenters. The second-order valence-corrected chi connectivity index (χ2v) is 5.08. The third-order valence-corrected chi connectivity index (χ3v) is 3.39. The summed E-state index contributed by atoms with van der Waals surface area (Å²) in [6, 6.07) is -0.283. The van der Waals surface area contributed by atoms with E-state index in [0.29, 0.717) is 6.54 Å². The van der Waals surface area contributed by atoms with Gasteiger partial charge >= 0.3 is 0 Å². The molecule has 0 radical (unpaired) electrons. The van der Waals surface area contributed by atoms with Crippen LogP contribution >= 0.6 is 0 Å². The van der Waals surface area contributed by atoms with E-state index in [2.05, 4.69) is 0 Å². The highest BCUT2D eigenvalue weighted by Crippen LogP contribution is 2.41. The molecule has 4 nitrogen and oxygen atoms in total. The standard InChI is InChI=1S/C11H17NO3/c1-7(14)12-5-10-8(9(12)6-13)4-11(2,3)15-10/h6,8-10H,4-5H2,1-3H3/t8-,9-,10+/m1/s1. The fraction of sp³-hybridized carbons (Fsp3) is 0.818. The SMILES string of the molecule is CC(=O)N1C[C@@H]2OC(C)(C)C[C@@H]2[C@H]1C=O. The van der Waals surface area contributed by atoms with Gasteiger partial charge in [-0.25, -0.2) is 0 Å². The Morgan fingerprint density at radius 3 is 2.73 bits per heavy atom. The van der Waals surface area contributed by atoms with Crippen LogP contribution in [0.25, 0.3) is 0 Å². The third kappa shape index (κ3) is 1.67. The van der Waals surface area contributed by atoms with Crippen molar-refractivity contribution < 1.29 is 14.3 Å². The number of ether oxygens (including phenoxy) is 1. The van der Waals surface area contributed by atoms with E-state index < -0.39 is 0 Å². The highest BCUT2D eigenvalue weighted by atomic mass is 16.5. The molecule has 3 atom stereocenters. The number of hydrogen-bond acceptors (Lipinski definition) is 3. The van der Waals surface area contributed by atoms with Crippen molar-refractivity contribution in [1.82, 2.24) is 4.90 Å². The Balaban J connectivity index is 2.18. The highest BCUT2D eigenvalue weighted by Gasteiger charge is 2.51. The second kappa shape index (κ2) is 3.30. The number of amides is 1. The van der Waals surface area contributed by atoms with Crippen LogP contribution in [-0.4, -0.2) is 41.4 Å². The Bertz CT molecular complexity index is 300. The van der Waals surface area contributed by atoms with Crippen LogP contribution < -0.4 is 0 Å². The number of nitrogens with zero attached hydrogens (tertiary/aromatic N) is 1. The smallest absolute Gasteiger partial charge is 0.220 e. The zero-order chi connectivity index (χ0) is 11.2. The predicted octanol–water partition coefficient (Wildman–Crippen LogP) is 0.600. The first kappa shape index (κ1) is 10.6. The van der Waals surface area contributed by atoms with Crippen LogP contribution in [0.5, 0.6) is 0 Å². The van der Waals surface area contributed by atoms with Crippen LogP contribution in [-0.2, 0) is 14.3 Å². The normalized spacial score (nSPS) is 37.8. The lowest BCUT2D eigenvalue weighted by atomic mass is 9.91. The molecule has 1 amide bonds. The van der Waals surface area contributed by atoms with Gasteiger partial charge in [-0.05, 0) is 20.3 Å². The number of likely N-dealkylation sites (tertiary alicyclic amines) is 1. The molecule has 2 rings (SSSR count). The lowest BCUT2D eigenvalue weighted by Gasteiger charge is -2.25. The molecule has 0 N–H and O–H groups in total. The van der Waals surface area contributed by atoms with Crippen LogP contribution in [0.4, 0.5) is 0 Å². The summed E-state index contributed by atoms with van der Waals surface area (Å²) in [4.78, 5) is 24.0. The molecule has 0 aromatic heterocycles. The minimum atomic E-state index is -0.283. The van der Waals surface area contributed by atoms with Gasteiger partial charge in [-0.3, -0.25) is 4.79 Å². The molecule has 0 bridgehead atoms. The van der Waals surface area contributed by atoms with Gasteiger partial charge in [-0.2, -0.15) is 0 Å². The molecular formula is C11H17NO3. The summed E-state index contributed by atoms with van der Waals surface area (Å²) in [5.74, 6) is 0.143. The fourth-order valence-corrected chi connectivity index (χ4v) is 2.82. The third-order valence-electron chi connectivity index (χ3n) is 3.39. The summed E-state index contributed by atoms with van der Waals surface area (Å²) in [5.41, 5.74) is -0.153. The summed E-state index contributed by atoms with van der Waals surface area (Å²) in [7, 11) is 0. The van der Waals surface area contributed by atoms with Crippen LogP contribution in [0, 0.1) is 5.92 Å². The lowest BCUT2D eigenvalue weighted by Crippen LogP contribution is -2.39. The van der Waals surface area contributed by atoms with Crippen molar-refractivity contribution in [2.45, 2.75) is 44.9 Å². The van der Waals surface area contributed by atoms with E-state index in [0.717, 1.165) is 12.7 Å². The van der Waals surface area contributed by atoms with E-state index in [1.807, 2.05) is 13.8 Å². The number of rotatable bonds is 1. The van der Waals surface area contributed by atoms with Gasteiger partial charge in [0.05, 0.1) is 17.7 Å². The molecule has 2 fully saturated rings. The predicted molar refractivity (Wildman–Crippen MR) is 54.3 cm³/mol. The number of carbonyl (C=O) groups excluding carboxylic acids is 2. The number of carbonyl (C=O) groups is 2. The molecule has 2 aliphatic rings. The van der Waals surface area contributed by atoms with Crippen LogP contribution in [0.2, 0.25) is 0 Å². The van der Waals surface area contributed by atoms with Crippen molar-refractivity contribution in [2.24, 2.45) is 5.92 Å². The minimum Gasteiger partial charge on any atom is -0.370 e. The summed E-state index contributed by atoms with van der Waals surface area (Å²) in [6.45, 7) is 6.13. The first-order valence-corrected chi connectivity index (χ1v) is 5.35. The van der Waals surface area contributed by atoms with Crippen molar-refractivity contribution in [2.75, 3.05) is 6.54 Å². The summed E-state index contributed by atoms with van der Waals surface area (Å²) in [5, 5.41) is 0. The molecule has 0 aromatic rings. The van der Waals surface area contributed by atoms with Gasteiger partial charge in [0, 0.05) is 19.4 Å². The second-order valence-electron chi connectivity index (χ2n) is 5.08.